The molecule has 3 heterocycles. The topological polar surface area (TPSA) is 44.5 Å². The zero-order chi connectivity index (χ0) is 14.4. The standard InChI is InChI=1S/C15H18BNO3/c1-14(2)15(3,4)20-16(19-14)13-9-5-7-11(17-13)12-8-6-10-18-12/h5-10H,1-4H3. The SMILES string of the molecule is CC1(C)OB(c2cccc(-c3ccco3)n2)OC1(C)C. The van der Waals surface area contributed by atoms with Gasteiger partial charge in [0.1, 0.15) is 5.69 Å². The summed E-state index contributed by atoms with van der Waals surface area (Å²) in [5, 5.41) is 0. The Balaban J connectivity index is 1.91. The molecule has 2 aromatic rings. The van der Waals surface area contributed by atoms with E-state index in [2.05, 4.69) is 4.98 Å². The summed E-state index contributed by atoms with van der Waals surface area (Å²) in [7, 11) is -0.449. The molecule has 0 radical (unpaired) electrons. The Labute approximate surface area is 119 Å². The summed E-state index contributed by atoms with van der Waals surface area (Å²) in [6.07, 6.45) is 1.64. The Morgan fingerprint density at radius 3 is 2.25 bits per heavy atom. The summed E-state index contributed by atoms with van der Waals surface area (Å²) in [6.45, 7) is 8.12. The van der Waals surface area contributed by atoms with Crippen LogP contribution in [-0.2, 0) is 9.31 Å². The third-order valence-corrected chi connectivity index (χ3v) is 4.04. The molecule has 0 bridgehead atoms. The number of furan rings is 1. The van der Waals surface area contributed by atoms with E-state index in [9.17, 15) is 0 Å². The van der Waals surface area contributed by atoms with Gasteiger partial charge in [0.25, 0.3) is 0 Å². The van der Waals surface area contributed by atoms with Gasteiger partial charge in [-0.15, -0.1) is 0 Å². The molecule has 0 unspecified atom stereocenters. The van der Waals surface area contributed by atoms with Gasteiger partial charge in [-0.25, -0.2) is 0 Å². The van der Waals surface area contributed by atoms with E-state index in [1.807, 2.05) is 58.0 Å². The highest BCUT2D eigenvalue weighted by atomic mass is 16.7. The number of rotatable bonds is 2. The van der Waals surface area contributed by atoms with Crippen molar-refractivity contribution in [3.8, 4) is 11.5 Å². The lowest BCUT2D eigenvalue weighted by Crippen LogP contribution is -2.41. The van der Waals surface area contributed by atoms with E-state index in [1.165, 1.54) is 0 Å². The van der Waals surface area contributed by atoms with Crippen LogP contribution in [0.3, 0.4) is 0 Å². The fourth-order valence-electron chi connectivity index (χ4n) is 2.11. The fourth-order valence-corrected chi connectivity index (χ4v) is 2.11. The molecule has 0 saturated carbocycles. The molecule has 1 aliphatic heterocycles. The number of nitrogens with zero attached hydrogens (tertiary/aromatic N) is 1. The van der Waals surface area contributed by atoms with E-state index in [0.717, 1.165) is 17.0 Å². The molecule has 1 saturated heterocycles. The van der Waals surface area contributed by atoms with Crippen molar-refractivity contribution >= 4 is 12.7 Å². The molecule has 0 amide bonds. The van der Waals surface area contributed by atoms with Crippen molar-refractivity contribution in [2.45, 2.75) is 38.9 Å². The molecule has 0 N–H and O–H groups in total. The quantitative estimate of drug-likeness (QED) is 0.787. The van der Waals surface area contributed by atoms with E-state index in [0.29, 0.717) is 0 Å². The van der Waals surface area contributed by atoms with Gasteiger partial charge in [0, 0.05) is 0 Å². The Morgan fingerprint density at radius 1 is 0.950 bits per heavy atom. The molecular weight excluding hydrogens is 253 g/mol. The number of hydrogen-bond donors (Lipinski definition) is 0. The van der Waals surface area contributed by atoms with Crippen LogP contribution in [-0.4, -0.2) is 23.3 Å². The molecule has 5 heteroatoms. The average Bonchev–Trinajstić information content (AvgIpc) is 2.97. The van der Waals surface area contributed by atoms with Gasteiger partial charge in [0.05, 0.1) is 23.1 Å². The Kier molecular flexibility index (Phi) is 2.99. The minimum absolute atomic E-state index is 0.361. The second-order valence-electron chi connectivity index (χ2n) is 6.01. The highest BCUT2D eigenvalue weighted by molar-refractivity contribution is 6.61. The van der Waals surface area contributed by atoms with Crippen molar-refractivity contribution in [1.82, 2.24) is 4.98 Å². The molecule has 0 aromatic carbocycles. The molecular formula is C15H18BNO3. The molecule has 20 heavy (non-hydrogen) atoms. The van der Waals surface area contributed by atoms with E-state index in [-0.39, 0.29) is 11.2 Å². The highest BCUT2D eigenvalue weighted by Crippen LogP contribution is 2.36. The first kappa shape index (κ1) is 13.4. The minimum Gasteiger partial charge on any atom is -0.463 e. The van der Waals surface area contributed by atoms with Crippen LogP contribution in [0.15, 0.2) is 41.0 Å². The average molecular weight is 271 g/mol. The lowest BCUT2D eigenvalue weighted by molar-refractivity contribution is 0.00578. The van der Waals surface area contributed by atoms with Gasteiger partial charge in [-0.2, -0.15) is 0 Å². The Morgan fingerprint density at radius 2 is 1.65 bits per heavy atom. The third kappa shape index (κ3) is 2.17. The van der Waals surface area contributed by atoms with E-state index < -0.39 is 7.12 Å². The maximum absolute atomic E-state index is 6.01. The molecule has 1 aliphatic rings. The fraction of sp³-hybridized carbons (Fsp3) is 0.400. The van der Waals surface area contributed by atoms with Gasteiger partial charge in [-0.05, 0) is 52.0 Å². The normalized spacial score (nSPS) is 20.3. The second kappa shape index (κ2) is 4.47. The van der Waals surface area contributed by atoms with Gasteiger partial charge in [0.15, 0.2) is 5.76 Å². The van der Waals surface area contributed by atoms with Gasteiger partial charge in [-0.3, -0.25) is 4.98 Å². The monoisotopic (exact) mass is 271 g/mol. The van der Waals surface area contributed by atoms with Crippen LogP contribution >= 0.6 is 0 Å². The molecule has 0 spiro atoms. The van der Waals surface area contributed by atoms with E-state index >= 15 is 0 Å². The van der Waals surface area contributed by atoms with Crippen LogP contribution in [0, 0.1) is 0 Å². The second-order valence-corrected chi connectivity index (χ2v) is 6.01. The van der Waals surface area contributed by atoms with E-state index in [1.54, 1.807) is 6.26 Å². The predicted molar refractivity (Wildman–Crippen MR) is 77.7 cm³/mol. The van der Waals surface area contributed by atoms with Crippen molar-refractivity contribution in [2.75, 3.05) is 0 Å². The smallest absolute Gasteiger partial charge is 0.463 e. The first-order valence-electron chi connectivity index (χ1n) is 6.75. The van der Waals surface area contributed by atoms with Crippen LogP contribution in [0.1, 0.15) is 27.7 Å². The summed E-state index contributed by atoms with van der Waals surface area (Å²) in [5.74, 6) is 0.739. The van der Waals surface area contributed by atoms with Crippen molar-refractivity contribution in [3.05, 3.63) is 36.6 Å². The van der Waals surface area contributed by atoms with Crippen molar-refractivity contribution in [2.24, 2.45) is 0 Å². The van der Waals surface area contributed by atoms with Gasteiger partial charge in [-0.1, -0.05) is 6.07 Å². The number of hydrogen-bond acceptors (Lipinski definition) is 4. The van der Waals surface area contributed by atoms with Crippen LogP contribution in [0.25, 0.3) is 11.5 Å². The van der Waals surface area contributed by atoms with Crippen LogP contribution in [0.2, 0.25) is 0 Å². The van der Waals surface area contributed by atoms with Crippen LogP contribution in [0.5, 0.6) is 0 Å². The highest BCUT2D eigenvalue weighted by Gasteiger charge is 2.52. The number of aromatic nitrogens is 1. The Bertz CT molecular complexity index is 591. The maximum atomic E-state index is 6.01. The lowest BCUT2D eigenvalue weighted by Gasteiger charge is -2.32. The predicted octanol–water partition coefficient (Wildman–Crippen LogP) is 2.64. The van der Waals surface area contributed by atoms with Crippen LogP contribution in [0.4, 0.5) is 0 Å². The third-order valence-electron chi connectivity index (χ3n) is 4.04. The van der Waals surface area contributed by atoms with Gasteiger partial charge in [0.2, 0.25) is 0 Å². The van der Waals surface area contributed by atoms with Gasteiger partial charge >= 0.3 is 7.12 Å². The summed E-state index contributed by atoms with van der Waals surface area (Å²) >= 11 is 0. The summed E-state index contributed by atoms with van der Waals surface area (Å²) < 4.78 is 17.4. The van der Waals surface area contributed by atoms with Gasteiger partial charge < -0.3 is 13.7 Å². The summed E-state index contributed by atoms with van der Waals surface area (Å²) in [4.78, 5) is 4.58. The molecule has 0 atom stereocenters. The molecule has 0 aliphatic carbocycles. The largest absolute Gasteiger partial charge is 0.514 e. The van der Waals surface area contributed by atoms with Crippen LogP contribution < -0.4 is 5.59 Å². The lowest BCUT2D eigenvalue weighted by atomic mass is 9.84. The van der Waals surface area contributed by atoms with Crippen molar-refractivity contribution in [1.29, 1.82) is 0 Å². The zero-order valence-electron chi connectivity index (χ0n) is 12.2. The van der Waals surface area contributed by atoms with Crippen molar-refractivity contribution in [3.63, 3.8) is 0 Å². The first-order valence-corrected chi connectivity index (χ1v) is 6.75. The molecule has 3 rings (SSSR count). The van der Waals surface area contributed by atoms with E-state index in [4.69, 9.17) is 13.7 Å². The molecule has 104 valence electrons. The summed E-state index contributed by atoms with van der Waals surface area (Å²) in [6, 6.07) is 9.49. The summed E-state index contributed by atoms with van der Waals surface area (Å²) in [5.41, 5.74) is 0.819. The zero-order valence-corrected chi connectivity index (χ0v) is 12.2. The Hall–Kier alpha value is -1.59. The first-order chi connectivity index (χ1) is 9.39. The molecule has 4 nitrogen and oxygen atoms in total. The molecule has 1 fully saturated rings. The molecule has 2 aromatic heterocycles. The maximum Gasteiger partial charge on any atom is 0.514 e. The van der Waals surface area contributed by atoms with Crippen molar-refractivity contribution < 1.29 is 13.7 Å². The number of pyridine rings is 1. The minimum atomic E-state index is -0.449.